The number of aliphatic hydroxyl groups is 3. The van der Waals surface area contributed by atoms with Gasteiger partial charge in [-0.1, -0.05) is 0 Å². The van der Waals surface area contributed by atoms with Gasteiger partial charge in [-0.3, -0.25) is 4.57 Å². The Bertz CT molecular complexity index is 773. The second-order valence-corrected chi connectivity index (χ2v) is 4.80. The van der Waals surface area contributed by atoms with Crippen LogP contribution in [0.4, 0.5) is 5.82 Å². The molecule has 12 nitrogen and oxygen atoms in total. The number of hydrogen-bond donors (Lipinski definition) is 3. The van der Waals surface area contributed by atoms with Gasteiger partial charge in [-0.05, 0) is 10.6 Å². The predicted molar refractivity (Wildman–Crippen MR) is 73.7 cm³/mol. The number of fused-ring (bicyclic) bond motifs is 1. The molecule has 0 aromatic carbocycles. The average molecular weight is 323 g/mol. The topological polar surface area (TPSA) is 172 Å². The first kappa shape index (κ1) is 15.4. The molecule has 0 unspecified atom stereocenters. The van der Waals surface area contributed by atoms with E-state index in [0.29, 0.717) is 0 Å². The number of aliphatic hydroxyl groups excluding tert-OH is 3. The molecule has 1 saturated heterocycles. The fourth-order valence-corrected chi connectivity index (χ4v) is 2.48. The number of rotatable bonds is 4. The highest BCUT2D eigenvalue weighted by molar-refractivity contribution is 5.88. The number of hydrogen-bond acceptors (Lipinski definition) is 9. The Balaban J connectivity index is 2.17. The van der Waals surface area contributed by atoms with Gasteiger partial charge in [0.15, 0.2) is 17.6 Å². The Labute approximate surface area is 128 Å². The molecule has 1 aliphatic rings. The van der Waals surface area contributed by atoms with Gasteiger partial charge in [-0.15, -0.1) is 10.2 Å². The Morgan fingerprint density at radius 3 is 2.83 bits per heavy atom. The maximum atomic E-state index is 10.1. The second kappa shape index (κ2) is 5.95. The summed E-state index contributed by atoms with van der Waals surface area (Å²) in [5.41, 5.74) is 9.13. The van der Waals surface area contributed by atoms with E-state index in [1.807, 2.05) is 0 Å². The van der Waals surface area contributed by atoms with Crippen molar-refractivity contribution in [3.63, 3.8) is 0 Å². The molecule has 3 rings (SSSR count). The maximum absolute atomic E-state index is 10.1. The summed E-state index contributed by atoms with van der Waals surface area (Å²) in [6.45, 7) is -0.465. The summed E-state index contributed by atoms with van der Waals surface area (Å²) < 4.78 is 11.8. The van der Waals surface area contributed by atoms with Crippen LogP contribution in [0.25, 0.3) is 21.5 Å². The van der Waals surface area contributed by atoms with Crippen molar-refractivity contribution in [2.24, 2.45) is 5.11 Å². The summed E-state index contributed by atoms with van der Waals surface area (Å²) in [4.78, 5) is 6.78. The molecule has 0 bridgehead atoms. The lowest BCUT2D eigenvalue weighted by Crippen LogP contribution is -2.33. The second-order valence-electron chi connectivity index (χ2n) is 4.80. The molecule has 1 fully saturated rings. The minimum atomic E-state index is -1.32. The van der Waals surface area contributed by atoms with E-state index >= 15 is 0 Å². The van der Waals surface area contributed by atoms with Gasteiger partial charge in [0.2, 0.25) is 0 Å². The molecule has 23 heavy (non-hydrogen) atoms. The summed E-state index contributed by atoms with van der Waals surface area (Å²) in [6.07, 6.45) is -3.28. The summed E-state index contributed by atoms with van der Waals surface area (Å²) in [6, 6.07) is 0. The van der Waals surface area contributed by atoms with Gasteiger partial charge in [0.25, 0.3) is 5.88 Å². The van der Waals surface area contributed by atoms with E-state index in [-0.39, 0.29) is 22.7 Å². The summed E-state index contributed by atoms with van der Waals surface area (Å²) in [7, 11) is 1.38. The van der Waals surface area contributed by atoms with Crippen molar-refractivity contribution in [1.82, 2.24) is 19.7 Å². The Hall–Kier alpha value is -2.50. The van der Waals surface area contributed by atoms with E-state index in [4.69, 9.17) is 15.0 Å². The molecule has 0 radical (unpaired) electrons. The fourth-order valence-electron chi connectivity index (χ4n) is 2.48. The van der Waals surface area contributed by atoms with Crippen molar-refractivity contribution < 1.29 is 24.8 Å². The van der Waals surface area contributed by atoms with Crippen molar-refractivity contribution >= 4 is 16.9 Å². The van der Waals surface area contributed by atoms with Gasteiger partial charge < -0.3 is 24.8 Å². The monoisotopic (exact) mass is 323 g/mol. The third-order valence-electron chi connectivity index (χ3n) is 3.57. The zero-order chi connectivity index (χ0) is 16.6. The molecular weight excluding hydrogens is 310 g/mol. The van der Waals surface area contributed by atoms with E-state index in [2.05, 4.69) is 25.2 Å². The molecule has 0 spiro atoms. The normalized spacial score (nSPS) is 27.1. The van der Waals surface area contributed by atoms with E-state index in [0.717, 1.165) is 0 Å². The first-order valence-electron chi connectivity index (χ1n) is 6.57. The van der Waals surface area contributed by atoms with Gasteiger partial charge >= 0.3 is 0 Å². The van der Waals surface area contributed by atoms with Gasteiger partial charge in [0.1, 0.15) is 23.8 Å². The number of nitrogens with zero attached hydrogens (tertiary/aromatic N) is 7. The SMILES string of the molecule is COc1nnc(N=[N+]=[N-])c2c1ncn2[C@@H]1O[C@H](CO)[C@@H](O)[C@H]1O. The fraction of sp³-hybridized carbons (Fsp3) is 0.545. The van der Waals surface area contributed by atoms with Crippen LogP contribution in [0.1, 0.15) is 6.23 Å². The van der Waals surface area contributed by atoms with Crippen LogP contribution in [0.3, 0.4) is 0 Å². The molecule has 1 aliphatic heterocycles. The van der Waals surface area contributed by atoms with E-state index in [9.17, 15) is 15.3 Å². The van der Waals surface area contributed by atoms with Crippen LogP contribution in [-0.2, 0) is 4.74 Å². The Kier molecular flexibility index (Phi) is 3.98. The number of ether oxygens (including phenoxy) is 2. The molecule has 3 heterocycles. The van der Waals surface area contributed by atoms with Crippen LogP contribution >= 0.6 is 0 Å². The lowest BCUT2D eigenvalue weighted by molar-refractivity contribution is -0.0508. The molecule has 4 atom stereocenters. The highest BCUT2D eigenvalue weighted by Crippen LogP contribution is 2.36. The van der Waals surface area contributed by atoms with Gasteiger partial charge in [-0.25, -0.2) is 4.98 Å². The van der Waals surface area contributed by atoms with Crippen LogP contribution in [0.2, 0.25) is 0 Å². The molecule has 3 N–H and O–H groups in total. The maximum Gasteiger partial charge on any atom is 0.261 e. The minimum Gasteiger partial charge on any atom is -0.478 e. The minimum absolute atomic E-state index is 0.0847. The zero-order valence-electron chi connectivity index (χ0n) is 11.9. The summed E-state index contributed by atoms with van der Waals surface area (Å²) >= 11 is 0. The molecule has 122 valence electrons. The van der Waals surface area contributed by atoms with Crippen molar-refractivity contribution in [2.75, 3.05) is 13.7 Å². The summed E-state index contributed by atoms with van der Waals surface area (Å²) in [5, 5.41) is 40.1. The molecule has 2 aromatic rings. The average Bonchev–Trinajstić information content (AvgIpc) is 3.11. The number of azide groups is 1. The van der Waals surface area contributed by atoms with Crippen molar-refractivity contribution in [3.05, 3.63) is 16.8 Å². The highest BCUT2D eigenvalue weighted by Gasteiger charge is 2.44. The number of methoxy groups -OCH3 is 1. The van der Waals surface area contributed by atoms with Gasteiger partial charge in [0, 0.05) is 4.91 Å². The van der Waals surface area contributed by atoms with Gasteiger partial charge in [0.05, 0.1) is 20.0 Å². The first-order valence-corrected chi connectivity index (χ1v) is 6.57. The van der Waals surface area contributed by atoms with Crippen LogP contribution in [0.15, 0.2) is 11.4 Å². The Morgan fingerprint density at radius 1 is 1.43 bits per heavy atom. The smallest absolute Gasteiger partial charge is 0.261 e. The van der Waals surface area contributed by atoms with Crippen LogP contribution in [-0.4, -0.2) is 67.1 Å². The lowest BCUT2D eigenvalue weighted by Gasteiger charge is -2.17. The number of aromatic nitrogens is 4. The third kappa shape index (κ3) is 2.34. The highest BCUT2D eigenvalue weighted by atomic mass is 16.6. The van der Waals surface area contributed by atoms with Crippen molar-refractivity contribution in [1.29, 1.82) is 0 Å². The third-order valence-corrected chi connectivity index (χ3v) is 3.57. The van der Waals surface area contributed by atoms with E-state index < -0.39 is 31.1 Å². The first-order chi connectivity index (χ1) is 11.1. The molecule has 0 aliphatic carbocycles. The molecule has 12 heteroatoms. The largest absolute Gasteiger partial charge is 0.478 e. The molecule has 0 amide bonds. The molecule has 2 aromatic heterocycles. The molecule has 0 saturated carbocycles. The van der Waals surface area contributed by atoms with Crippen molar-refractivity contribution in [2.45, 2.75) is 24.5 Å². The van der Waals surface area contributed by atoms with Crippen LogP contribution in [0, 0.1) is 0 Å². The van der Waals surface area contributed by atoms with Crippen molar-refractivity contribution in [3.8, 4) is 5.88 Å². The van der Waals surface area contributed by atoms with E-state index in [1.54, 1.807) is 0 Å². The molecular formula is C11H13N7O5. The van der Waals surface area contributed by atoms with E-state index in [1.165, 1.54) is 18.0 Å². The lowest BCUT2D eigenvalue weighted by atomic mass is 10.1. The quantitative estimate of drug-likeness (QED) is 0.379. The number of imidazole rings is 1. The zero-order valence-corrected chi connectivity index (χ0v) is 11.9. The van der Waals surface area contributed by atoms with Crippen LogP contribution in [0.5, 0.6) is 5.88 Å². The predicted octanol–water partition coefficient (Wildman–Crippen LogP) is -0.612. The Morgan fingerprint density at radius 2 is 2.22 bits per heavy atom. The summed E-state index contributed by atoms with van der Waals surface area (Å²) in [5.74, 6) is 0.0147. The van der Waals surface area contributed by atoms with Crippen LogP contribution < -0.4 is 4.74 Å². The van der Waals surface area contributed by atoms with Gasteiger partial charge in [-0.2, -0.15) is 0 Å². The standard InChI is InChI=1S/C11H13N7O5/c1-22-10-5-6(9(14-16-10)15-17-12)18(3-13-5)11-8(21)7(20)4(2-19)23-11/h3-4,7-8,11,19-21H,2H2,1H3/t4-,7-,8-,11-/m1/s1.